The van der Waals surface area contributed by atoms with Crippen molar-refractivity contribution in [3.63, 3.8) is 0 Å². The number of anilines is 1. The van der Waals surface area contributed by atoms with E-state index in [0.717, 1.165) is 28.7 Å². The summed E-state index contributed by atoms with van der Waals surface area (Å²) in [6.45, 7) is 4.84. The van der Waals surface area contributed by atoms with Crippen LogP contribution in [0.25, 0.3) is 10.2 Å². The average Bonchev–Trinajstić information content (AvgIpc) is 3.16. The number of aromatic nitrogens is 1. The zero-order chi connectivity index (χ0) is 21.9. The van der Waals surface area contributed by atoms with Crippen LogP contribution in [0.15, 0.2) is 47.4 Å². The van der Waals surface area contributed by atoms with Crippen LogP contribution in [0.2, 0.25) is 0 Å². The van der Waals surface area contributed by atoms with Gasteiger partial charge in [0.25, 0.3) is 5.91 Å². The molecule has 0 fully saturated rings. The molecule has 0 radical (unpaired) electrons. The first-order chi connectivity index (χ1) is 14.2. The van der Waals surface area contributed by atoms with Gasteiger partial charge in [0.2, 0.25) is 0 Å². The van der Waals surface area contributed by atoms with E-state index in [2.05, 4.69) is 4.90 Å². The van der Waals surface area contributed by atoms with Gasteiger partial charge in [-0.15, -0.1) is 0 Å². The van der Waals surface area contributed by atoms with Crippen molar-refractivity contribution in [1.29, 1.82) is 0 Å². The predicted octanol–water partition coefficient (Wildman–Crippen LogP) is 4.00. The Balaban J connectivity index is 2.06. The van der Waals surface area contributed by atoms with E-state index < -0.39 is 9.84 Å². The number of carbonyl (C=O) groups excluding carboxylic acids is 1. The van der Waals surface area contributed by atoms with Gasteiger partial charge in [0.1, 0.15) is 0 Å². The second-order valence-corrected chi connectivity index (χ2v) is 10.7. The molecule has 0 saturated heterocycles. The van der Waals surface area contributed by atoms with Crippen molar-refractivity contribution in [2.45, 2.75) is 25.2 Å². The number of thiazole rings is 1. The molecular formula is C22H27N3O3S2. The Bertz CT molecular complexity index is 1150. The topological polar surface area (TPSA) is 70.6 Å². The normalized spacial score (nSPS) is 11.9. The lowest BCUT2D eigenvalue weighted by Crippen LogP contribution is -2.34. The predicted molar refractivity (Wildman–Crippen MR) is 123 cm³/mol. The van der Waals surface area contributed by atoms with E-state index in [1.54, 1.807) is 30.0 Å². The molecule has 0 unspecified atom stereocenters. The minimum absolute atomic E-state index is 0.0573. The quantitative estimate of drug-likeness (QED) is 0.524. The summed E-state index contributed by atoms with van der Waals surface area (Å²) in [7, 11) is 0.437. The van der Waals surface area contributed by atoms with Gasteiger partial charge in [-0.1, -0.05) is 42.5 Å². The van der Waals surface area contributed by atoms with Crippen molar-refractivity contribution in [2.75, 3.05) is 37.8 Å². The molecule has 0 aliphatic carbocycles. The monoisotopic (exact) mass is 445 g/mol. The minimum atomic E-state index is -3.53. The molecule has 30 heavy (non-hydrogen) atoms. The van der Waals surface area contributed by atoms with Gasteiger partial charge in [-0.25, -0.2) is 13.4 Å². The van der Waals surface area contributed by atoms with Gasteiger partial charge in [-0.3, -0.25) is 9.69 Å². The van der Waals surface area contributed by atoms with Crippen LogP contribution in [-0.2, 0) is 9.84 Å². The molecule has 1 aromatic heterocycles. The van der Waals surface area contributed by atoms with Crippen molar-refractivity contribution in [3.05, 3.63) is 53.6 Å². The number of para-hydroxylation sites is 1. The Morgan fingerprint density at radius 3 is 2.47 bits per heavy atom. The van der Waals surface area contributed by atoms with Crippen LogP contribution in [0.1, 0.15) is 29.3 Å². The van der Waals surface area contributed by atoms with Gasteiger partial charge in [0.15, 0.2) is 15.0 Å². The number of aryl methyl sites for hydroxylation is 1. The van der Waals surface area contributed by atoms with Crippen molar-refractivity contribution in [1.82, 2.24) is 9.88 Å². The molecule has 160 valence electrons. The number of benzene rings is 2. The molecule has 0 aliphatic heterocycles. The smallest absolute Gasteiger partial charge is 0.261 e. The Labute approximate surface area is 182 Å². The van der Waals surface area contributed by atoms with Gasteiger partial charge in [0, 0.05) is 6.54 Å². The number of amides is 1. The maximum atomic E-state index is 13.6. The number of nitrogens with zero attached hydrogens (tertiary/aromatic N) is 3. The van der Waals surface area contributed by atoms with Crippen LogP contribution in [0.3, 0.4) is 0 Å². The van der Waals surface area contributed by atoms with E-state index in [4.69, 9.17) is 4.98 Å². The fourth-order valence-corrected chi connectivity index (χ4v) is 5.39. The first-order valence-corrected chi connectivity index (χ1v) is 12.4. The minimum Gasteiger partial charge on any atom is -0.309 e. The molecule has 3 aromatic rings. The highest BCUT2D eigenvalue weighted by molar-refractivity contribution is 7.91. The molecule has 2 aromatic carbocycles. The van der Waals surface area contributed by atoms with E-state index in [9.17, 15) is 13.2 Å². The third kappa shape index (κ3) is 4.71. The molecule has 1 amide bonds. The van der Waals surface area contributed by atoms with Gasteiger partial charge in [-0.05, 0) is 57.7 Å². The second kappa shape index (κ2) is 9.24. The summed E-state index contributed by atoms with van der Waals surface area (Å²) in [5.74, 6) is -0.392. The molecular weight excluding hydrogens is 418 g/mol. The Morgan fingerprint density at radius 1 is 1.07 bits per heavy atom. The largest absolute Gasteiger partial charge is 0.309 e. The lowest BCUT2D eigenvalue weighted by atomic mass is 10.2. The second-order valence-electron chi connectivity index (χ2n) is 7.43. The van der Waals surface area contributed by atoms with E-state index in [0.29, 0.717) is 11.7 Å². The van der Waals surface area contributed by atoms with Gasteiger partial charge >= 0.3 is 0 Å². The number of hydrogen-bond acceptors (Lipinski definition) is 6. The van der Waals surface area contributed by atoms with Gasteiger partial charge in [-0.2, -0.15) is 0 Å². The van der Waals surface area contributed by atoms with Crippen LogP contribution in [0, 0.1) is 6.92 Å². The summed E-state index contributed by atoms with van der Waals surface area (Å²) in [5.41, 5.74) is 2.11. The molecule has 0 N–H and O–H groups in total. The van der Waals surface area contributed by atoms with Crippen LogP contribution in [-0.4, -0.2) is 57.1 Å². The van der Waals surface area contributed by atoms with Crippen LogP contribution in [0.4, 0.5) is 5.13 Å². The maximum Gasteiger partial charge on any atom is 0.261 e. The van der Waals surface area contributed by atoms with E-state index >= 15 is 0 Å². The van der Waals surface area contributed by atoms with E-state index in [1.807, 2.05) is 39.2 Å². The number of sulfone groups is 1. The first-order valence-electron chi connectivity index (χ1n) is 9.89. The Morgan fingerprint density at radius 2 is 1.80 bits per heavy atom. The third-order valence-electron chi connectivity index (χ3n) is 4.91. The summed E-state index contributed by atoms with van der Waals surface area (Å²) in [4.78, 5) is 22.1. The summed E-state index contributed by atoms with van der Waals surface area (Å²) in [6, 6.07) is 12.4. The van der Waals surface area contributed by atoms with Crippen LogP contribution in [0.5, 0.6) is 0 Å². The van der Waals surface area contributed by atoms with Gasteiger partial charge < -0.3 is 4.90 Å². The first kappa shape index (κ1) is 22.4. The molecule has 6 nitrogen and oxygen atoms in total. The highest BCUT2D eigenvalue weighted by atomic mass is 32.2. The molecule has 8 heteroatoms. The van der Waals surface area contributed by atoms with E-state index in [1.165, 1.54) is 17.4 Å². The lowest BCUT2D eigenvalue weighted by Gasteiger charge is -2.22. The van der Waals surface area contributed by atoms with Crippen LogP contribution < -0.4 is 4.90 Å². The van der Waals surface area contributed by atoms with Crippen molar-refractivity contribution >= 4 is 42.4 Å². The molecule has 0 aliphatic rings. The highest BCUT2D eigenvalue weighted by Crippen LogP contribution is 2.32. The van der Waals surface area contributed by atoms with E-state index in [-0.39, 0.29) is 22.1 Å². The summed E-state index contributed by atoms with van der Waals surface area (Å²) >= 11 is 1.45. The summed E-state index contributed by atoms with van der Waals surface area (Å²) in [5, 5.41) is 0.590. The molecule has 0 atom stereocenters. The molecule has 1 heterocycles. The zero-order valence-electron chi connectivity index (χ0n) is 17.8. The molecule has 3 rings (SSSR count). The Hall–Kier alpha value is -2.29. The SMILES string of the molecule is CCS(=O)(=O)c1ccccc1C(=O)N(CCCN(C)C)c1nc2c(C)cccc2s1. The fourth-order valence-electron chi connectivity index (χ4n) is 3.23. The molecule has 0 spiro atoms. The number of carbonyl (C=O) groups is 1. The summed E-state index contributed by atoms with van der Waals surface area (Å²) in [6.07, 6.45) is 0.746. The standard InChI is InChI=1S/C22H27N3O3S2/c1-5-30(27,28)19-13-7-6-11-17(19)21(26)25(15-9-14-24(3)4)22-23-20-16(2)10-8-12-18(20)29-22/h6-8,10-13H,5,9,14-15H2,1-4H3. The summed E-state index contributed by atoms with van der Waals surface area (Å²) < 4.78 is 26.2. The Kier molecular flexibility index (Phi) is 6.90. The lowest BCUT2D eigenvalue weighted by molar-refractivity contribution is 0.0983. The number of rotatable bonds is 8. The maximum absolute atomic E-state index is 13.6. The molecule has 0 bridgehead atoms. The van der Waals surface area contributed by atoms with Crippen LogP contribution >= 0.6 is 11.3 Å². The highest BCUT2D eigenvalue weighted by Gasteiger charge is 2.27. The third-order valence-corrected chi connectivity index (χ3v) is 7.73. The fraction of sp³-hybridized carbons (Fsp3) is 0.364. The van der Waals surface area contributed by atoms with Crippen molar-refractivity contribution in [2.24, 2.45) is 0 Å². The molecule has 0 saturated carbocycles. The van der Waals surface area contributed by atoms with Crippen molar-refractivity contribution < 1.29 is 13.2 Å². The average molecular weight is 446 g/mol. The number of fused-ring (bicyclic) bond motifs is 1. The van der Waals surface area contributed by atoms with Gasteiger partial charge in [0.05, 0.1) is 26.4 Å². The number of hydrogen-bond donors (Lipinski definition) is 0. The zero-order valence-corrected chi connectivity index (χ0v) is 19.4. The van der Waals surface area contributed by atoms with Crippen molar-refractivity contribution in [3.8, 4) is 0 Å².